The van der Waals surface area contributed by atoms with Gasteiger partial charge in [0.15, 0.2) is 17.4 Å². The molecule has 0 saturated carbocycles. The van der Waals surface area contributed by atoms with Gasteiger partial charge in [-0.05, 0) is 56.1 Å². The van der Waals surface area contributed by atoms with Crippen LogP contribution in [0.15, 0.2) is 44.2 Å². The number of halogens is 4. The maximum atomic E-state index is 13.1. The number of carbonyl (C=O) groups excluding carboxylic acids is 1. The average Bonchev–Trinajstić information content (AvgIpc) is 2.38. The van der Waals surface area contributed by atoms with Crippen molar-refractivity contribution in [3.05, 3.63) is 67.0 Å². The van der Waals surface area contributed by atoms with Crippen molar-refractivity contribution in [3.63, 3.8) is 0 Å². The molecule has 3 nitrogen and oxygen atoms in total. The topological polar surface area (TPSA) is 39.1 Å². The largest absolute Gasteiger partial charge is 0.306 e. The Balaban J connectivity index is 2.32. The van der Waals surface area contributed by atoms with E-state index in [0.717, 1.165) is 12.1 Å². The first-order valence-electron chi connectivity index (χ1n) is 5.42. The molecular weight excluding hydrogens is 400 g/mol. The van der Waals surface area contributed by atoms with Gasteiger partial charge >= 0.3 is 0 Å². The summed E-state index contributed by atoms with van der Waals surface area (Å²) in [6.45, 7) is -0.262. The lowest BCUT2D eigenvalue weighted by Crippen LogP contribution is -2.24. The third-order valence-corrected chi connectivity index (χ3v) is 3.57. The SMILES string of the molecule is O=C(Cn1cc(Br)cc(Br)c1=O)c1ccc(F)c(F)c1. The molecule has 0 aliphatic heterocycles. The van der Waals surface area contributed by atoms with E-state index < -0.39 is 17.4 Å². The molecule has 7 heteroatoms. The van der Waals surface area contributed by atoms with Crippen molar-refractivity contribution in [2.24, 2.45) is 0 Å². The smallest absolute Gasteiger partial charge is 0.265 e. The van der Waals surface area contributed by atoms with Gasteiger partial charge in [0.25, 0.3) is 5.56 Å². The minimum Gasteiger partial charge on any atom is -0.306 e. The van der Waals surface area contributed by atoms with E-state index in [9.17, 15) is 18.4 Å². The van der Waals surface area contributed by atoms with Crippen molar-refractivity contribution in [1.82, 2.24) is 4.57 Å². The number of hydrogen-bond acceptors (Lipinski definition) is 2. The lowest BCUT2D eigenvalue weighted by Gasteiger charge is -2.07. The number of hydrogen-bond donors (Lipinski definition) is 0. The lowest BCUT2D eigenvalue weighted by atomic mass is 10.1. The molecule has 0 unspecified atom stereocenters. The van der Waals surface area contributed by atoms with E-state index in [4.69, 9.17) is 0 Å². The van der Waals surface area contributed by atoms with E-state index in [-0.39, 0.29) is 17.7 Å². The lowest BCUT2D eigenvalue weighted by molar-refractivity contribution is 0.0970. The number of carbonyl (C=O) groups is 1. The highest BCUT2D eigenvalue weighted by Gasteiger charge is 2.12. The Kier molecular flexibility index (Phi) is 4.49. The zero-order valence-corrected chi connectivity index (χ0v) is 13.0. The maximum Gasteiger partial charge on any atom is 0.265 e. The molecule has 0 radical (unpaired) electrons. The molecule has 20 heavy (non-hydrogen) atoms. The van der Waals surface area contributed by atoms with Gasteiger partial charge < -0.3 is 4.57 Å². The van der Waals surface area contributed by atoms with Gasteiger partial charge in [0.1, 0.15) is 0 Å². The van der Waals surface area contributed by atoms with Crippen LogP contribution in [0.1, 0.15) is 10.4 Å². The van der Waals surface area contributed by atoms with Crippen LogP contribution in [0.3, 0.4) is 0 Å². The van der Waals surface area contributed by atoms with Crippen LogP contribution in [0.25, 0.3) is 0 Å². The van der Waals surface area contributed by atoms with E-state index in [1.165, 1.54) is 16.8 Å². The molecule has 0 N–H and O–H groups in total. The predicted molar refractivity (Wildman–Crippen MR) is 76.8 cm³/mol. The third-order valence-electron chi connectivity index (χ3n) is 2.56. The standard InChI is InChI=1S/C13H7Br2F2NO2/c14-8-4-9(15)13(20)18(5-8)6-12(19)7-1-2-10(16)11(17)3-7/h1-5H,6H2. The average molecular weight is 407 g/mol. The summed E-state index contributed by atoms with van der Waals surface area (Å²) in [5, 5.41) is 0. The van der Waals surface area contributed by atoms with Gasteiger partial charge in [-0.3, -0.25) is 9.59 Å². The summed E-state index contributed by atoms with van der Waals surface area (Å²) in [5.74, 6) is -2.61. The second-order valence-electron chi connectivity index (χ2n) is 3.99. The Bertz CT molecular complexity index is 744. The fraction of sp³-hybridized carbons (Fsp3) is 0.0769. The summed E-state index contributed by atoms with van der Waals surface area (Å²) in [7, 11) is 0. The zero-order chi connectivity index (χ0) is 14.9. The minimum absolute atomic E-state index is 0.00639. The van der Waals surface area contributed by atoms with Crippen LogP contribution < -0.4 is 5.56 Å². The molecule has 104 valence electrons. The first-order valence-corrected chi connectivity index (χ1v) is 7.01. The molecule has 0 aliphatic carbocycles. The first kappa shape index (κ1) is 15.1. The van der Waals surface area contributed by atoms with Crippen LogP contribution in [0, 0.1) is 11.6 Å². The van der Waals surface area contributed by atoms with E-state index in [2.05, 4.69) is 31.9 Å². The van der Waals surface area contributed by atoms with Gasteiger partial charge in [0, 0.05) is 16.2 Å². The van der Waals surface area contributed by atoms with Crippen molar-refractivity contribution in [2.45, 2.75) is 6.54 Å². The molecule has 0 atom stereocenters. The van der Waals surface area contributed by atoms with Crippen molar-refractivity contribution < 1.29 is 13.6 Å². The third kappa shape index (κ3) is 3.21. The van der Waals surface area contributed by atoms with Crippen LogP contribution in [-0.2, 0) is 6.54 Å². The summed E-state index contributed by atoms with van der Waals surface area (Å²) in [6, 6.07) is 4.43. The fourth-order valence-corrected chi connectivity index (χ4v) is 2.86. The van der Waals surface area contributed by atoms with Gasteiger partial charge in [-0.1, -0.05) is 0 Å². The molecule has 0 fully saturated rings. The summed E-state index contributed by atoms with van der Waals surface area (Å²) < 4.78 is 28.0. The highest BCUT2D eigenvalue weighted by molar-refractivity contribution is 9.11. The summed E-state index contributed by atoms with van der Waals surface area (Å²) >= 11 is 6.28. The van der Waals surface area contributed by atoms with Crippen LogP contribution in [-0.4, -0.2) is 10.4 Å². The maximum absolute atomic E-state index is 13.1. The Morgan fingerprint density at radius 2 is 1.85 bits per heavy atom. The van der Waals surface area contributed by atoms with Crippen molar-refractivity contribution in [1.29, 1.82) is 0 Å². The summed E-state index contributed by atoms with van der Waals surface area (Å²) in [6.07, 6.45) is 1.45. The predicted octanol–water partition coefficient (Wildman–Crippen LogP) is 3.53. The molecule has 0 saturated heterocycles. The molecule has 0 aliphatic rings. The molecule has 1 aromatic heterocycles. The van der Waals surface area contributed by atoms with Crippen LogP contribution >= 0.6 is 31.9 Å². The Hall–Kier alpha value is -1.34. The molecule has 2 rings (SSSR count). The van der Waals surface area contributed by atoms with Crippen molar-refractivity contribution >= 4 is 37.6 Å². The van der Waals surface area contributed by atoms with E-state index in [0.29, 0.717) is 8.95 Å². The van der Waals surface area contributed by atoms with E-state index in [1.807, 2.05) is 0 Å². The highest BCUT2D eigenvalue weighted by atomic mass is 79.9. The monoisotopic (exact) mass is 405 g/mol. The van der Waals surface area contributed by atoms with Gasteiger partial charge in [-0.2, -0.15) is 0 Å². The first-order chi connectivity index (χ1) is 9.38. The molecule has 2 aromatic rings. The quantitative estimate of drug-likeness (QED) is 0.731. The number of rotatable bonds is 3. The van der Waals surface area contributed by atoms with Crippen molar-refractivity contribution in [3.8, 4) is 0 Å². The van der Waals surface area contributed by atoms with Crippen LogP contribution in [0.5, 0.6) is 0 Å². The number of nitrogens with zero attached hydrogens (tertiary/aromatic N) is 1. The van der Waals surface area contributed by atoms with E-state index >= 15 is 0 Å². The molecule has 0 amide bonds. The van der Waals surface area contributed by atoms with Gasteiger partial charge in [0.2, 0.25) is 0 Å². The van der Waals surface area contributed by atoms with Gasteiger partial charge in [-0.15, -0.1) is 0 Å². The summed E-state index contributed by atoms with van der Waals surface area (Å²) in [4.78, 5) is 23.8. The minimum atomic E-state index is -1.10. The second-order valence-corrected chi connectivity index (χ2v) is 5.76. The normalized spacial score (nSPS) is 10.6. The molecule has 1 aromatic carbocycles. The number of benzene rings is 1. The molecule has 1 heterocycles. The number of Topliss-reactive ketones (excluding diaryl/α,β-unsaturated/α-hetero) is 1. The number of pyridine rings is 1. The Morgan fingerprint density at radius 3 is 2.50 bits per heavy atom. The number of aromatic nitrogens is 1. The zero-order valence-electron chi connectivity index (χ0n) is 9.87. The highest BCUT2D eigenvalue weighted by Crippen LogP contribution is 2.14. The van der Waals surface area contributed by atoms with Crippen LogP contribution in [0.4, 0.5) is 8.78 Å². The van der Waals surface area contributed by atoms with E-state index in [1.54, 1.807) is 6.07 Å². The fourth-order valence-electron chi connectivity index (χ4n) is 1.60. The Morgan fingerprint density at radius 1 is 1.15 bits per heavy atom. The van der Waals surface area contributed by atoms with Gasteiger partial charge in [0.05, 0.1) is 11.0 Å². The Labute approximate surface area is 129 Å². The van der Waals surface area contributed by atoms with Crippen LogP contribution in [0.2, 0.25) is 0 Å². The molecular formula is C13H7Br2F2NO2. The second kappa shape index (κ2) is 5.97. The molecule has 0 bridgehead atoms. The van der Waals surface area contributed by atoms with Crippen molar-refractivity contribution in [2.75, 3.05) is 0 Å². The van der Waals surface area contributed by atoms with Gasteiger partial charge in [-0.25, -0.2) is 8.78 Å². The molecule has 0 spiro atoms. The number of ketones is 1. The summed E-state index contributed by atoms with van der Waals surface area (Å²) in [5.41, 5.74) is -0.379.